The molecule has 0 saturated heterocycles. The molecule has 2 aromatic carbocycles. The van der Waals surface area contributed by atoms with Crippen molar-refractivity contribution in [3.8, 4) is 0 Å². The van der Waals surface area contributed by atoms with Gasteiger partial charge in [-0.1, -0.05) is 48.5 Å². The molecule has 4 heteroatoms. The number of rotatable bonds is 7. The fraction of sp³-hybridized carbons (Fsp3) is 0.286. The number of carbonyl (C=O) groups is 1. The molecule has 1 amide bonds. The first-order chi connectivity index (χ1) is 12.2. The Morgan fingerprint density at radius 1 is 1.12 bits per heavy atom. The van der Waals surface area contributed by atoms with Gasteiger partial charge in [-0.3, -0.25) is 4.79 Å². The molecule has 1 atom stereocenters. The van der Waals surface area contributed by atoms with Gasteiger partial charge in [-0.25, -0.2) is 0 Å². The van der Waals surface area contributed by atoms with Crippen molar-refractivity contribution >= 4 is 16.8 Å². The van der Waals surface area contributed by atoms with Gasteiger partial charge >= 0.3 is 0 Å². The Bertz CT molecular complexity index is 839. The number of aryl methyl sites for hydroxylation is 1. The van der Waals surface area contributed by atoms with Crippen LogP contribution in [0.1, 0.15) is 29.2 Å². The van der Waals surface area contributed by atoms with Crippen LogP contribution in [0.4, 0.5) is 0 Å². The highest BCUT2D eigenvalue weighted by atomic mass is 16.3. The molecular weight excluding hydrogens is 312 g/mol. The molecule has 25 heavy (non-hydrogen) atoms. The molecule has 0 spiro atoms. The summed E-state index contributed by atoms with van der Waals surface area (Å²) in [4.78, 5) is 15.8. The third-order valence-electron chi connectivity index (χ3n) is 4.66. The molecule has 0 saturated carbocycles. The molecule has 3 N–H and O–H groups in total. The topological polar surface area (TPSA) is 65.1 Å². The van der Waals surface area contributed by atoms with Crippen molar-refractivity contribution in [3.63, 3.8) is 0 Å². The number of aromatic nitrogens is 1. The maximum absolute atomic E-state index is 12.5. The van der Waals surface area contributed by atoms with Crippen molar-refractivity contribution in [2.45, 2.75) is 25.7 Å². The molecule has 130 valence electrons. The zero-order valence-electron chi connectivity index (χ0n) is 14.5. The molecule has 0 aliphatic heterocycles. The van der Waals surface area contributed by atoms with Crippen LogP contribution in [0.5, 0.6) is 0 Å². The van der Waals surface area contributed by atoms with Gasteiger partial charge in [0.15, 0.2) is 0 Å². The summed E-state index contributed by atoms with van der Waals surface area (Å²) < 4.78 is 0. The molecule has 1 unspecified atom stereocenters. The molecule has 0 fully saturated rings. The molecule has 0 bridgehead atoms. The van der Waals surface area contributed by atoms with E-state index in [1.54, 1.807) is 0 Å². The number of fused-ring (bicyclic) bond motifs is 1. The molecule has 4 nitrogen and oxygen atoms in total. The Balaban J connectivity index is 1.66. The minimum absolute atomic E-state index is 0.00623. The molecule has 0 aliphatic carbocycles. The zero-order valence-corrected chi connectivity index (χ0v) is 14.5. The first-order valence-corrected chi connectivity index (χ1v) is 8.67. The quantitative estimate of drug-likeness (QED) is 0.620. The highest BCUT2D eigenvalue weighted by molar-refractivity contribution is 5.90. The summed E-state index contributed by atoms with van der Waals surface area (Å²) in [5, 5.41) is 13.4. The van der Waals surface area contributed by atoms with E-state index in [9.17, 15) is 9.90 Å². The smallest absolute Gasteiger partial charge is 0.224 e. The summed E-state index contributed by atoms with van der Waals surface area (Å²) in [5.41, 5.74) is 4.28. The van der Waals surface area contributed by atoms with Gasteiger partial charge in [0.05, 0.1) is 6.42 Å². The minimum atomic E-state index is 0.00623. The fourth-order valence-corrected chi connectivity index (χ4v) is 3.29. The lowest BCUT2D eigenvalue weighted by Gasteiger charge is -2.17. The van der Waals surface area contributed by atoms with Crippen LogP contribution in [0.2, 0.25) is 0 Å². The maximum atomic E-state index is 12.5. The number of aliphatic hydroxyl groups is 1. The highest BCUT2D eigenvalue weighted by Gasteiger charge is 2.15. The Hall–Kier alpha value is -2.59. The largest absolute Gasteiger partial charge is 0.396 e. The number of H-pyrrole nitrogens is 1. The lowest BCUT2D eigenvalue weighted by molar-refractivity contribution is -0.120. The average molecular weight is 336 g/mol. The summed E-state index contributed by atoms with van der Waals surface area (Å²) in [6.07, 6.45) is 0.993. The number of aromatic amines is 1. The number of nitrogens with one attached hydrogen (secondary N) is 2. The van der Waals surface area contributed by atoms with Crippen molar-refractivity contribution in [3.05, 3.63) is 71.4 Å². The summed E-state index contributed by atoms with van der Waals surface area (Å²) in [6.45, 7) is 2.64. The van der Waals surface area contributed by atoms with Crippen molar-refractivity contribution in [1.29, 1.82) is 0 Å². The summed E-state index contributed by atoms with van der Waals surface area (Å²) >= 11 is 0. The van der Waals surface area contributed by atoms with Crippen molar-refractivity contribution in [1.82, 2.24) is 10.3 Å². The average Bonchev–Trinajstić information content (AvgIpc) is 2.95. The van der Waals surface area contributed by atoms with Crippen LogP contribution in [-0.2, 0) is 11.2 Å². The molecule has 3 rings (SSSR count). The highest BCUT2D eigenvalue weighted by Crippen LogP contribution is 2.22. The molecule has 3 aromatic rings. The SMILES string of the molecule is Cc1[nH]c2ccccc2c1CC(=O)NCC(CCO)c1ccccc1. The normalized spacial score (nSPS) is 12.2. The van der Waals surface area contributed by atoms with Crippen molar-refractivity contribution < 1.29 is 9.90 Å². The van der Waals surface area contributed by atoms with Crippen LogP contribution < -0.4 is 5.32 Å². The zero-order chi connectivity index (χ0) is 17.6. The first-order valence-electron chi connectivity index (χ1n) is 8.67. The van der Waals surface area contributed by atoms with Gasteiger partial charge in [-0.05, 0) is 30.5 Å². The number of para-hydroxylation sites is 1. The van der Waals surface area contributed by atoms with Crippen LogP contribution in [0, 0.1) is 6.92 Å². The van der Waals surface area contributed by atoms with Crippen molar-refractivity contribution in [2.75, 3.05) is 13.2 Å². The Morgan fingerprint density at radius 3 is 2.60 bits per heavy atom. The number of carbonyl (C=O) groups excluding carboxylic acids is 1. The van der Waals surface area contributed by atoms with Crippen molar-refractivity contribution in [2.24, 2.45) is 0 Å². The second kappa shape index (κ2) is 7.99. The van der Waals surface area contributed by atoms with E-state index in [0.29, 0.717) is 19.4 Å². The predicted molar refractivity (Wildman–Crippen MR) is 101 cm³/mol. The van der Waals surface area contributed by atoms with E-state index in [0.717, 1.165) is 27.7 Å². The standard InChI is InChI=1S/C21H24N2O2/c1-15-19(18-9-5-6-10-20(18)23-15)13-21(25)22-14-17(11-12-24)16-7-3-2-4-8-16/h2-10,17,23-24H,11-14H2,1H3,(H,22,25). The Labute approximate surface area is 147 Å². The Kier molecular flexibility index (Phi) is 5.51. The lowest BCUT2D eigenvalue weighted by atomic mass is 9.96. The predicted octanol–water partition coefficient (Wildman–Crippen LogP) is 3.30. The molecule has 1 heterocycles. The van der Waals surface area contributed by atoms with Crippen LogP contribution in [0.3, 0.4) is 0 Å². The summed E-state index contributed by atoms with van der Waals surface area (Å²) in [6, 6.07) is 18.1. The van der Waals surface area contributed by atoms with Gasteiger partial charge in [-0.15, -0.1) is 0 Å². The Morgan fingerprint density at radius 2 is 1.84 bits per heavy atom. The number of benzene rings is 2. The van der Waals surface area contributed by atoms with E-state index in [4.69, 9.17) is 0 Å². The van der Waals surface area contributed by atoms with Crippen LogP contribution >= 0.6 is 0 Å². The van der Waals surface area contributed by atoms with Gasteiger partial charge in [0.1, 0.15) is 0 Å². The van der Waals surface area contributed by atoms with Gasteiger partial charge in [0, 0.05) is 35.7 Å². The number of aliphatic hydroxyl groups excluding tert-OH is 1. The van der Waals surface area contributed by atoms with E-state index in [2.05, 4.69) is 10.3 Å². The van der Waals surface area contributed by atoms with E-state index in [-0.39, 0.29) is 18.4 Å². The third kappa shape index (κ3) is 4.09. The second-order valence-corrected chi connectivity index (χ2v) is 6.37. The summed E-state index contributed by atoms with van der Waals surface area (Å²) in [7, 11) is 0. The van der Waals surface area contributed by atoms with Gasteiger partial charge in [-0.2, -0.15) is 0 Å². The lowest BCUT2D eigenvalue weighted by Crippen LogP contribution is -2.30. The fourth-order valence-electron chi connectivity index (χ4n) is 3.29. The molecule has 0 radical (unpaired) electrons. The maximum Gasteiger partial charge on any atom is 0.224 e. The second-order valence-electron chi connectivity index (χ2n) is 6.37. The minimum Gasteiger partial charge on any atom is -0.396 e. The van der Waals surface area contributed by atoms with E-state index < -0.39 is 0 Å². The van der Waals surface area contributed by atoms with Gasteiger partial charge in [0.2, 0.25) is 5.91 Å². The van der Waals surface area contributed by atoms with E-state index in [1.165, 1.54) is 0 Å². The van der Waals surface area contributed by atoms with Crippen LogP contribution in [0.25, 0.3) is 10.9 Å². The monoisotopic (exact) mass is 336 g/mol. The first kappa shape index (κ1) is 17.2. The van der Waals surface area contributed by atoms with E-state index >= 15 is 0 Å². The van der Waals surface area contributed by atoms with Gasteiger partial charge < -0.3 is 15.4 Å². The van der Waals surface area contributed by atoms with Crippen LogP contribution in [0.15, 0.2) is 54.6 Å². The van der Waals surface area contributed by atoms with Gasteiger partial charge in [0.25, 0.3) is 0 Å². The van der Waals surface area contributed by atoms with E-state index in [1.807, 2.05) is 61.5 Å². The van der Waals surface area contributed by atoms with Crippen LogP contribution in [-0.4, -0.2) is 29.1 Å². The summed E-state index contributed by atoms with van der Waals surface area (Å²) in [5.74, 6) is 0.130. The molecule has 1 aromatic heterocycles. The number of amides is 1. The number of hydrogen-bond acceptors (Lipinski definition) is 2. The number of hydrogen-bond donors (Lipinski definition) is 3. The third-order valence-corrected chi connectivity index (χ3v) is 4.66. The molecule has 0 aliphatic rings. The molecular formula is C21H24N2O2.